The van der Waals surface area contributed by atoms with Crippen molar-refractivity contribution in [2.24, 2.45) is 0 Å². The van der Waals surface area contributed by atoms with E-state index in [0.717, 1.165) is 5.39 Å². The van der Waals surface area contributed by atoms with Crippen LogP contribution in [-0.2, 0) is 4.74 Å². The van der Waals surface area contributed by atoms with Crippen LogP contribution in [0.1, 0.15) is 20.8 Å². The van der Waals surface area contributed by atoms with Crippen LogP contribution in [0.25, 0.3) is 22.3 Å². The van der Waals surface area contributed by atoms with Gasteiger partial charge in [-0.15, -0.1) is 0 Å². The number of rotatable bonds is 1. The van der Waals surface area contributed by atoms with Crippen LogP contribution in [0, 0.1) is 0 Å². The van der Waals surface area contributed by atoms with Crippen molar-refractivity contribution in [3.05, 3.63) is 47.9 Å². The maximum Gasteiger partial charge on any atom is 0.419 e. The van der Waals surface area contributed by atoms with E-state index in [4.69, 9.17) is 16.3 Å². The first-order valence-electron chi connectivity index (χ1n) is 7.17. The molecule has 3 aromatic heterocycles. The molecule has 6 heteroatoms. The van der Waals surface area contributed by atoms with Gasteiger partial charge in [0, 0.05) is 11.6 Å². The van der Waals surface area contributed by atoms with Crippen molar-refractivity contribution in [2.45, 2.75) is 26.4 Å². The summed E-state index contributed by atoms with van der Waals surface area (Å²) in [5, 5.41) is 1.24. The number of aromatic nitrogens is 3. The van der Waals surface area contributed by atoms with E-state index in [2.05, 4.69) is 9.97 Å². The van der Waals surface area contributed by atoms with Gasteiger partial charge in [-0.3, -0.25) is 4.98 Å². The molecule has 0 aliphatic rings. The quantitative estimate of drug-likeness (QED) is 0.615. The Morgan fingerprint density at radius 3 is 2.74 bits per heavy atom. The highest BCUT2D eigenvalue weighted by molar-refractivity contribution is 6.29. The molecular weight excluding hydrogens is 314 g/mol. The molecule has 3 aromatic rings. The van der Waals surface area contributed by atoms with E-state index in [1.807, 2.05) is 32.9 Å². The fourth-order valence-corrected chi connectivity index (χ4v) is 2.45. The summed E-state index contributed by atoms with van der Waals surface area (Å²) < 4.78 is 7.00. The van der Waals surface area contributed by atoms with Crippen LogP contribution >= 0.6 is 11.6 Å². The molecule has 118 valence electrons. The largest absolute Gasteiger partial charge is 0.443 e. The fourth-order valence-electron chi connectivity index (χ4n) is 2.29. The molecule has 5 nitrogen and oxygen atoms in total. The predicted molar refractivity (Wildman–Crippen MR) is 89.6 cm³/mol. The van der Waals surface area contributed by atoms with Gasteiger partial charge in [-0.1, -0.05) is 17.7 Å². The second-order valence-electron chi connectivity index (χ2n) is 6.13. The van der Waals surface area contributed by atoms with Crippen molar-refractivity contribution >= 4 is 28.6 Å². The number of ether oxygens (including phenoxy) is 1. The third kappa shape index (κ3) is 3.19. The van der Waals surface area contributed by atoms with Crippen molar-refractivity contribution in [1.82, 2.24) is 14.5 Å². The zero-order valence-corrected chi connectivity index (χ0v) is 13.8. The Morgan fingerprint density at radius 2 is 2.04 bits per heavy atom. The van der Waals surface area contributed by atoms with Gasteiger partial charge >= 0.3 is 6.09 Å². The van der Waals surface area contributed by atoms with Crippen LogP contribution in [0.4, 0.5) is 4.79 Å². The Labute approximate surface area is 138 Å². The molecule has 0 unspecified atom stereocenters. The average Bonchev–Trinajstić information content (AvgIpc) is 2.85. The van der Waals surface area contributed by atoms with Crippen LogP contribution in [-0.4, -0.2) is 26.2 Å². The molecule has 0 saturated carbocycles. The molecule has 0 bridgehead atoms. The van der Waals surface area contributed by atoms with Crippen molar-refractivity contribution < 1.29 is 9.53 Å². The van der Waals surface area contributed by atoms with E-state index in [-0.39, 0.29) is 0 Å². The summed E-state index contributed by atoms with van der Waals surface area (Å²) in [5.41, 5.74) is 1.28. The lowest BCUT2D eigenvalue weighted by Gasteiger charge is -2.20. The highest BCUT2D eigenvalue weighted by Gasteiger charge is 2.23. The van der Waals surface area contributed by atoms with E-state index >= 15 is 0 Å². The minimum atomic E-state index is -0.602. The molecule has 0 N–H and O–H groups in total. The lowest BCUT2D eigenvalue weighted by Crippen LogP contribution is -2.27. The second kappa shape index (κ2) is 5.66. The Bertz CT molecular complexity index is 881. The molecule has 0 atom stereocenters. The summed E-state index contributed by atoms with van der Waals surface area (Å²) in [7, 11) is 0. The molecule has 3 heterocycles. The summed E-state index contributed by atoms with van der Waals surface area (Å²) in [5.74, 6) is 0. The number of hydrogen-bond acceptors (Lipinski definition) is 4. The monoisotopic (exact) mass is 329 g/mol. The second-order valence-corrected chi connectivity index (χ2v) is 6.51. The highest BCUT2D eigenvalue weighted by Crippen LogP contribution is 2.28. The minimum absolute atomic E-state index is 0.363. The normalized spacial score (nSPS) is 11.7. The Kier molecular flexibility index (Phi) is 3.82. The van der Waals surface area contributed by atoms with Crippen LogP contribution in [0.2, 0.25) is 5.15 Å². The van der Waals surface area contributed by atoms with E-state index in [1.54, 1.807) is 30.6 Å². The van der Waals surface area contributed by atoms with Crippen LogP contribution in [0.15, 0.2) is 42.7 Å². The van der Waals surface area contributed by atoms with Gasteiger partial charge in [0.15, 0.2) is 0 Å². The third-order valence-corrected chi connectivity index (χ3v) is 3.37. The molecule has 0 saturated heterocycles. The maximum absolute atomic E-state index is 12.7. The van der Waals surface area contributed by atoms with Gasteiger partial charge in [-0.2, -0.15) is 0 Å². The molecular formula is C17H16ClN3O2. The first kappa shape index (κ1) is 15.5. The molecule has 23 heavy (non-hydrogen) atoms. The number of pyridine rings is 2. The fraction of sp³-hybridized carbons (Fsp3) is 0.235. The van der Waals surface area contributed by atoms with Crippen molar-refractivity contribution in [3.63, 3.8) is 0 Å². The topological polar surface area (TPSA) is 57.0 Å². The summed E-state index contributed by atoms with van der Waals surface area (Å²) in [6.07, 6.45) is 2.84. The van der Waals surface area contributed by atoms with Gasteiger partial charge in [0.1, 0.15) is 10.8 Å². The molecule has 0 spiro atoms. The molecule has 0 radical (unpaired) electrons. The SMILES string of the molecule is CC(C)(C)OC(=O)n1c(-c2cccc(Cl)n2)cc2ccncc21. The van der Waals surface area contributed by atoms with Crippen LogP contribution in [0.5, 0.6) is 0 Å². The van der Waals surface area contributed by atoms with Gasteiger partial charge in [-0.05, 0) is 45.0 Å². The predicted octanol–water partition coefficient (Wildman–Crippen LogP) is 4.53. The van der Waals surface area contributed by atoms with E-state index in [0.29, 0.717) is 22.1 Å². The average molecular weight is 330 g/mol. The zero-order valence-electron chi connectivity index (χ0n) is 13.1. The highest BCUT2D eigenvalue weighted by atomic mass is 35.5. The van der Waals surface area contributed by atoms with Crippen LogP contribution < -0.4 is 0 Å². The summed E-state index contributed by atoms with van der Waals surface area (Å²) in [6, 6.07) is 8.99. The van der Waals surface area contributed by atoms with Crippen molar-refractivity contribution in [1.29, 1.82) is 0 Å². The van der Waals surface area contributed by atoms with E-state index in [1.165, 1.54) is 4.57 Å². The minimum Gasteiger partial charge on any atom is -0.443 e. The first-order chi connectivity index (χ1) is 10.8. The number of nitrogens with zero attached hydrogens (tertiary/aromatic N) is 3. The van der Waals surface area contributed by atoms with Gasteiger partial charge < -0.3 is 4.74 Å². The standard InChI is InChI=1S/C17H16ClN3O2/c1-17(2,3)23-16(22)21-13(12-5-4-6-15(18)20-12)9-11-7-8-19-10-14(11)21/h4-10H,1-3H3. The van der Waals surface area contributed by atoms with E-state index in [9.17, 15) is 4.79 Å². The van der Waals surface area contributed by atoms with Gasteiger partial charge in [-0.25, -0.2) is 14.3 Å². The summed E-state index contributed by atoms with van der Waals surface area (Å²) in [6.45, 7) is 5.48. The Hall–Kier alpha value is -2.40. The zero-order chi connectivity index (χ0) is 16.6. The van der Waals surface area contributed by atoms with Crippen molar-refractivity contribution in [2.75, 3.05) is 0 Å². The van der Waals surface area contributed by atoms with Gasteiger partial charge in [0.05, 0.1) is 23.1 Å². The molecule has 3 rings (SSSR count). The lowest BCUT2D eigenvalue weighted by atomic mass is 10.2. The van der Waals surface area contributed by atoms with Crippen LogP contribution in [0.3, 0.4) is 0 Å². The molecule has 0 aliphatic carbocycles. The molecule has 0 fully saturated rings. The first-order valence-corrected chi connectivity index (χ1v) is 7.55. The van der Waals surface area contributed by atoms with Gasteiger partial charge in [0.25, 0.3) is 0 Å². The smallest absolute Gasteiger partial charge is 0.419 e. The third-order valence-electron chi connectivity index (χ3n) is 3.16. The molecule has 0 amide bonds. The maximum atomic E-state index is 12.7. The number of carbonyl (C=O) groups is 1. The number of halogens is 1. The number of hydrogen-bond donors (Lipinski definition) is 0. The van der Waals surface area contributed by atoms with E-state index < -0.39 is 11.7 Å². The summed E-state index contributed by atoms with van der Waals surface area (Å²) in [4.78, 5) is 21.1. The Morgan fingerprint density at radius 1 is 1.26 bits per heavy atom. The Balaban J connectivity index is 2.21. The number of carbonyl (C=O) groups excluding carboxylic acids is 1. The molecule has 0 aliphatic heterocycles. The number of fused-ring (bicyclic) bond motifs is 1. The van der Waals surface area contributed by atoms with Crippen molar-refractivity contribution in [3.8, 4) is 11.4 Å². The summed E-state index contributed by atoms with van der Waals surface area (Å²) >= 11 is 5.98. The lowest BCUT2D eigenvalue weighted by molar-refractivity contribution is 0.0547. The molecule has 0 aromatic carbocycles. The van der Waals surface area contributed by atoms with Gasteiger partial charge in [0.2, 0.25) is 0 Å².